The summed E-state index contributed by atoms with van der Waals surface area (Å²) in [5.74, 6) is -0.734. The summed E-state index contributed by atoms with van der Waals surface area (Å²) in [5, 5.41) is 11.4. The van der Waals surface area contributed by atoms with Crippen molar-refractivity contribution < 1.29 is 14.7 Å². The highest BCUT2D eigenvalue weighted by Gasteiger charge is 2.16. The highest BCUT2D eigenvalue weighted by atomic mass is 79.9. The molecule has 1 N–H and O–H groups in total. The number of nitrogens with zero attached hydrogens (tertiary/aromatic N) is 2. The maximum absolute atomic E-state index is 11.1. The van der Waals surface area contributed by atoms with Gasteiger partial charge in [0.1, 0.15) is 0 Å². The lowest BCUT2D eigenvalue weighted by atomic mass is 10.2. The third kappa shape index (κ3) is 2.29. The second kappa shape index (κ2) is 4.71. The van der Waals surface area contributed by atoms with Crippen LogP contribution in [-0.2, 0) is 9.53 Å². The first-order valence-electron chi connectivity index (χ1n) is 3.61. The molecule has 0 spiro atoms. The van der Waals surface area contributed by atoms with Crippen LogP contribution in [-0.4, -0.2) is 29.0 Å². The summed E-state index contributed by atoms with van der Waals surface area (Å²) in [6.07, 6.45) is 1.49. The van der Waals surface area contributed by atoms with E-state index < -0.39 is 5.97 Å². The molecule has 0 saturated carbocycles. The van der Waals surface area contributed by atoms with Gasteiger partial charge in [-0.3, -0.25) is 4.98 Å². The lowest BCUT2D eigenvalue weighted by molar-refractivity contribution is -0.132. The molecule has 1 rings (SSSR count). The van der Waals surface area contributed by atoms with Gasteiger partial charge in [0.15, 0.2) is 0 Å². The number of halogens is 1. The van der Waals surface area contributed by atoms with E-state index in [0.29, 0.717) is 0 Å². The molecule has 1 aromatic heterocycles. The average Bonchev–Trinajstić information content (AvgIpc) is 2.21. The Labute approximate surface area is 88.5 Å². The SMILES string of the molecule is COC(=O)/C(=N/O)c1ccc(Br)cn1. The molecule has 0 aliphatic carbocycles. The Bertz CT molecular complexity index is 361. The molecule has 6 heteroatoms. The van der Waals surface area contributed by atoms with E-state index in [1.807, 2.05) is 0 Å². The number of hydrogen-bond donors (Lipinski definition) is 1. The van der Waals surface area contributed by atoms with Crippen molar-refractivity contribution in [2.24, 2.45) is 5.16 Å². The van der Waals surface area contributed by atoms with E-state index in [2.05, 4.69) is 30.8 Å². The Morgan fingerprint density at radius 2 is 2.36 bits per heavy atom. The Hall–Kier alpha value is -1.43. The van der Waals surface area contributed by atoms with E-state index in [0.717, 1.165) is 4.47 Å². The lowest BCUT2D eigenvalue weighted by Gasteiger charge is -2.00. The van der Waals surface area contributed by atoms with Gasteiger partial charge in [-0.15, -0.1) is 0 Å². The van der Waals surface area contributed by atoms with Gasteiger partial charge in [0.2, 0.25) is 5.71 Å². The monoisotopic (exact) mass is 258 g/mol. The summed E-state index contributed by atoms with van der Waals surface area (Å²) in [4.78, 5) is 14.9. The molecule has 0 radical (unpaired) electrons. The van der Waals surface area contributed by atoms with E-state index in [-0.39, 0.29) is 11.4 Å². The summed E-state index contributed by atoms with van der Waals surface area (Å²) in [6.45, 7) is 0. The molecule has 0 aromatic carbocycles. The van der Waals surface area contributed by atoms with Crippen molar-refractivity contribution in [2.45, 2.75) is 0 Å². The van der Waals surface area contributed by atoms with E-state index in [4.69, 9.17) is 5.21 Å². The quantitative estimate of drug-likeness (QED) is 0.375. The van der Waals surface area contributed by atoms with Crippen molar-refractivity contribution in [2.75, 3.05) is 7.11 Å². The minimum Gasteiger partial charge on any atom is -0.464 e. The fraction of sp³-hybridized carbons (Fsp3) is 0.125. The van der Waals surface area contributed by atoms with Gasteiger partial charge >= 0.3 is 5.97 Å². The van der Waals surface area contributed by atoms with Crippen LogP contribution < -0.4 is 0 Å². The minimum absolute atomic E-state index is 0.222. The molecule has 0 aliphatic rings. The molecule has 1 heterocycles. The lowest BCUT2D eigenvalue weighted by Crippen LogP contribution is -2.18. The van der Waals surface area contributed by atoms with E-state index in [1.54, 1.807) is 6.07 Å². The average molecular weight is 259 g/mol. The Kier molecular flexibility index (Phi) is 3.58. The summed E-state index contributed by atoms with van der Waals surface area (Å²) >= 11 is 3.19. The van der Waals surface area contributed by atoms with Crippen LogP contribution >= 0.6 is 15.9 Å². The first-order valence-corrected chi connectivity index (χ1v) is 4.40. The number of aromatic nitrogens is 1. The van der Waals surface area contributed by atoms with Crippen LogP contribution in [0, 0.1) is 0 Å². The van der Waals surface area contributed by atoms with E-state index >= 15 is 0 Å². The molecular weight excluding hydrogens is 252 g/mol. The van der Waals surface area contributed by atoms with Gasteiger partial charge in [-0.2, -0.15) is 0 Å². The predicted octanol–water partition coefficient (Wildman–Crippen LogP) is 1.20. The molecule has 0 aliphatic heterocycles. The van der Waals surface area contributed by atoms with Gasteiger partial charge in [-0.25, -0.2) is 4.79 Å². The van der Waals surface area contributed by atoms with Crippen molar-refractivity contribution in [1.82, 2.24) is 4.98 Å². The van der Waals surface area contributed by atoms with Crippen molar-refractivity contribution in [3.8, 4) is 0 Å². The highest BCUT2D eigenvalue weighted by molar-refractivity contribution is 9.10. The number of pyridine rings is 1. The van der Waals surface area contributed by atoms with Crippen LogP contribution in [0.15, 0.2) is 28.0 Å². The number of hydrogen-bond acceptors (Lipinski definition) is 5. The van der Waals surface area contributed by atoms with E-state index in [9.17, 15) is 4.79 Å². The number of methoxy groups -OCH3 is 1. The zero-order chi connectivity index (χ0) is 10.6. The van der Waals surface area contributed by atoms with Gasteiger partial charge in [-0.1, -0.05) is 5.16 Å². The predicted molar refractivity (Wildman–Crippen MR) is 52.3 cm³/mol. The molecule has 0 fully saturated rings. The van der Waals surface area contributed by atoms with Crippen molar-refractivity contribution in [3.63, 3.8) is 0 Å². The second-order valence-electron chi connectivity index (χ2n) is 2.30. The molecular formula is C8H7BrN2O3. The van der Waals surface area contributed by atoms with Gasteiger partial charge in [0, 0.05) is 10.7 Å². The summed E-state index contributed by atoms with van der Waals surface area (Å²) in [5.41, 5.74) is 0.0301. The minimum atomic E-state index is -0.734. The molecule has 5 nitrogen and oxygen atoms in total. The maximum atomic E-state index is 11.1. The molecule has 0 saturated heterocycles. The van der Waals surface area contributed by atoms with Crippen LogP contribution in [0.2, 0.25) is 0 Å². The first kappa shape index (κ1) is 10.6. The van der Waals surface area contributed by atoms with Crippen molar-refractivity contribution in [1.29, 1.82) is 0 Å². The summed E-state index contributed by atoms with van der Waals surface area (Å²) in [6, 6.07) is 3.21. The third-order valence-corrected chi connectivity index (χ3v) is 1.92. The zero-order valence-corrected chi connectivity index (χ0v) is 8.85. The van der Waals surface area contributed by atoms with Crippen molar-refractivity contribution in [3.05, 3.63) is 28.5 Å². The number of ether oxygens (including phenoxy) is 1. The standard InChI is InChI=1S/C8H7BrN2O3/c1-14-8(12)7(11-13)6-3-2-5(9)4-10-6/h2-4,13H,1H3/b11-7+. The third-order valence-electron chi connectivity index (χ3n) is 1.45. The van der Waals surface area contributed by atoms with Crippen molar-refractivity contribution >= 4 is 27.6 Å². The van der Waals surface area contributed by atoms with Gasteiger partial charge in [0.25, 0.3) is 0 Å². The molecule has 1 aromatic rings. The van der Waals surface area contributed by atoms with Crippen LogP contribution in [0.25, 0.3) is 0 Å². The van der Waals surface area contributed by atoms with Gasteiger partial charge < -0.3 is 9.94 Å². The number of esters is 1. The van der Waals surface area contributed by atoms with Crippen LogP contribution in [0.4, 0.5) is 0 Å². The normalized spacial score (nSPS) is 11.1. The molecule has 74 valence electrons. The topological polar surface area (TPSA) is 71.8 Å². The van der Waals surface area contributed by atoms with Gasteiger partial charge in [-0.05, 0) is 28.1 Å². The number of rotatable bonds is 2. The largest absolute Gasteiger partial charge is 0.464 e. The van der Waals surface area contributed by atoms with E-state index in [1.165, 1.54) is 19.4 Å². The maximum Gasteiger partial charge on any atom is 0.362 e. The fourth-order valence-electron chi connectivity index (χ4n) is 0.809. The molecule has 0 amide bonds. The Morgan fingerprint density at radius 3 is 2.79 bits per heavy atom. The molecule has 14 heavy (non-hydrogen) atoms. The number of carbonyl (C=O) groups is 1. The zero-order valence-electron chi connectivity index (χ0n) is 7.27. The molecule has 0 atom stereocenters. The van der Waals surface area contributed by atoms with Crippen LogP contribution in [0.1, 0.15) is 5.69 Å². The fourth-order valence-corrected chi connectivity index (χ4v) is 1.04. The summed E-state index contributed by atoms with van der Waals surface area (Å²) < 4.78 is 5.17. The number of oxime groups is 1. The smallest absolute Gasteiger partial charge is 0.362 e. The van der Waals surface area contributed by atoms with Crippen LogP contribution in [0.5, 0.6) is 0 Å². The highest BCUT2D eigenvalue weighted by Crippen LogP contribution is 2.08. The Balaban J connectivity index is 3.03. The Morgan fingerprint density at radius 1 is 1.64 bits per heavy atom. The van der Waals surface area contributed by atoms with Crippen LogP contribution in [0.3, 0.4) is 0 Å². The summed E-state index contributed by atoms with van der Waals surface area (Å²) in [7, 11) is 1.20. The molecule has 0 bridgehead atoms. The number of carbonyl (C=O) groups excluding carboxylic acids is 1. The van der Waals surface area contributed by atoms with Gasteiger partial charge in [0.05, 0.1) is 12.8 Å². The molecule has 0 unspecified atom stereocenters. The first-order chi connectivity index (χ1) is 6.69. The second-order valence-corrected chi connectivity index (χ2v) is 3.22.